The Morgan fingerprint density at radius 1 is 0.905 bits per heavy atom. The van der Waals surface area contributed by atoms with Gasteiger partial charge in [0.15, 0.2) is 0 Å². The quantitative estimate of drug-likeness (QED) is 0.689. The van der Waals surface area contributed by atoms with Crippen molar-refractivity contribution < 1.29 is 0 Å². The number of likely N-dealkylation sites (tertiary alicyclic amines) is 1. The monoisotopic (exact) mass is 278 g/mol. The first kappa shape index (κ1) is 12.9. The van der Waals surface area contributed by atoms with Gasteiger partial charge in [0.1, 0.15) is 0 Å². The van der Waals surface area contributed by atoms with Gasteiger partial charge in [-0.15, -0.1) is 0 Å². The van der Waals surface area contributed by atoms with E-state index in [-0.39, 0.29) is 0 Å². The third-order valence-electron chi connectivity index (χ3n) is 4.76. The van der Waals surface area contributed by atoms with Gasteiger partial charge in [0.2, 0.25) is 0 Å². The first-order valence-electron chi connectivity index (χ1n) is 8.09. The molecule has 3 aromatic rings. The average Bonchev–Trinajstić information content (AvgIpc) is 3.13. The molecule has 2 heterocycles. The van der Waals surface area contributed by atoms with Crippen LogP contribution in [0.3, 0.4) is 0 Å². The van der Waals surface area contributed by atoms with Crippen molar-refractivity contribution in [2.24, 2.45) is 0 Å². The molecule has 0 saturated carbocycles. The highest BCUT2D eigenvalue weighted by Gasteiger charge is 2.13. The largest absolute Gasteiger partial charge is 0.341 e. The molecular weight excluding hydrogens is 256 g/mol. The van der Waals surface area contributed by atoms with Gasteiger partial charge in [0, 0.05) is 34.9 Å². The molecular formula is C19H22N2. The van der Waals surface area contributed by atoms with Crippen LogP contribution in [0.5, 0.6) is 0 Å². The van der Waals surface area contributed by atoms with Crippen molar-refractivity contribution in [3.63, 3.8) is 0 Å². The number of fused-ring (bicyclic) bond motifs is 3. The summed E-state index contributed by atoms with van der Waals surface area (Å²) < 4.78 is 2.42. The van der Waals surface area contributed by atoms with Crippen LogP contribution in [0.4, 0.5) is 0 Å². The van der Waals surface area contributed by atoms with Gasteiger partial charge in [-0.25, -0.2) is 0 Å². The van der Waals surface area contributed by atoms with Crippen LogP contribution in [0.2, 0.25) is 0 Å². The molecule has 108 valence electrons. The van der Waals surface area contributed by atoms with Crippen molar-refractivity contribution in [2.75, 3.05) is 13.1 Å². The van der Waals surface area contributed by atoms with Crippen molar-refractivity contribution in [1.82, 2.24) is 9.47 Å². The van der Waals surface area contributed by atoms with E-state index in [0.29, 0.717) is 0 Å². The number of hydrogen-bond donors (Lipinski definition) is 0. The van der Waals surface area contributed by atoms with Crippen LogP contribution in [0, 0.1) is 0 Å². The lowest BCUT2D eigenvalue weighted by Crippen LogP contribution is -2.18. The lowest BCUT2D eigenvalue weighted by Gasteiger charge is -2.14. The SMILES string of the molecule is CCn1c2ccccc2c2cc(CN3CCCC3)ccc21. The molecule has 2 nitrogen and oxygen atoms in total. The zero-order valence-corrected chi connectivity index (χ0v) is 12.7. The fraction of sp³-hybridized carbons (Fsp3) is 0.368. The molecule has 1 aliphatic heterocycles. The van der Waals surface area contributed by atoms with Crippen LogP contribution in [0.25, 0.3) is 21.8 Å². The van der Waals surface area contributed by atoms with Crippen LogP contribution in [0.1, 0.15) is 25.3 Å². The van der Waals surface area contributed by atoms with E-state index in [1.54, 1.807) is 0 Å². The Labute approximate surface area is 126 Å². The fourth-order valence-electron chi connectivity index (χ4n) is 3.74. The summed E-state index contributed by atoms with van der Waals surface area (Å²) in [5, 5.41) is 2.79. The molecule has 1 aromatic heterocycles. The topological polar surface area (TPSA) is 8.17 Å². The molecule has 0 spiro atoms. The summed E-state index contributed by atoms with van der Waals surface area (Å²) in [6.07, 6.45) is 2.72. The van der Waals surface area contributed by atoms with Crippen molar-refractivity contribution in [3.8, 4) is 0 Å². The number of para-hydroxylation sites is 1. The zero-order chi connectivity index (χ0) is 14.2. The maximum absolute atomic E-state index is 2.57. The van der Waals surface area contributed by atoms with E-state index >= 15 is 0 Å². The Morgan fingerprint density at radius 3 is 2.48 bits per heavy atom. The first-order chi connectivity index (χ1) is 10.4. The van der Waals surface area contributed by atoms with E-state index in [2.05, 4.69) is 58.9 Å². The number of benzene rings is 2. The van der Waals surface area contributed by atoms with Gasteiger partial charge in [-0.05, 0) is 56.6 Å². The fourth-order valence-corrected chi connectivity index (χ4v) is 3.74. The molecule has 0 unspecified atom stereocenters. The normalized spacial score (nSPS) is 16.2. The van der Waals surface area contributed by atoms with Crippen molar-refractivity contribution >= 4 is 21.8 Å². The van der Waals surface area contributed by atoms with E-state index in [9.17, 15) is 0 Å². The van der Waals surface area contributed by atoms with Gasteiger partial charge in [0.05, 0.1) is 0 Å². The minimum absolute atomic E-state index is 1.02. The molecule has 0 bridgehead atoms. The second-order valence-corrected chi connectivity index (χ2v) is 6.10. The molecule has 21 heavy (non-hydrogen) atoms. The van der Waals surface area contributed by atoms with Gasteiger partial charge in [0.25, 0.3) is 0 Å². The molecule has 0 atom stereocenters. The number of aryl methyl sites for hydroxylation is 1. The summed E-state index contributed by atoms with van der Waals surface area (Å²) in [7, 11) is 0. The summed E-state index contributed by atoms with van der Waals surface area (Å²) in [6.45, 7) is 6.87. The molecule has 1 fully saturated rings. The average molecular weight is 278 g/mol. The summed E-state index contributed by atoms with van der Waals surface area (Å²) in [5.41, 5.74) is 4.17. The molecule has 0 aliphatic carbocycles. The van der Waals surface area contributed by atoms with E-state index in [0.717, 1.165) is 13.1 Å². The van der Waals surface area contributed by atoms with Crippen molar-refractivity contribution in [1.29, 1.82) is 0 Å². The lowest BCUT2D eigenvalue weighted by atomic mass is 10.1. The van der Waals surface area contributed by atoms with E-state index in [1.807, 2.05) is 0 Å². The Morgan fingerprint density at radius 2 is 1.67 bits per heavy atom. The smallest absolute Gasteiger partial charge is 0.0491 e. The predicted octanol–water partition coefficient (Wildman–Crippen LogP) is 4.41. The number of nitrogens with zero attached hydrogens (tertiary/aromatic N) is 2. The third-order valence-corrected chi connectivity index (χ3v) is 4.76. The molecule has 4 rings (SSSR count). The molecule has 2 heteroatoms. The molecule has 1 aliphatic rings. The maximum atomic E-state index is 2.57. The Kier molecular flexibility index (Phi) is 3.19. The summed E-state index contributed by atoms with van der Waals surface area (Å²) in [5.74, 6) is 0. The van der Waals surface area contributed by atoms with Crippen molar-refractivity contribution in [3.05, 3.63) is 48.0 Å². The van der Waals surface area contributed by atoms with Crippen LogP contribution in [-0.4, -0.2) is 22.6 Å². The second-order valence-electron chi connectivity index (χ2n) is 6.10. The Bertz CT molecular complexity index is 779. The standard InChI is InChI=1S/C19H22N2/c1-2-21-18-8-4-3-7-16(18)17-13-15(9-10-19(17)21)14-20-11-5-6-12-20/h3-4,7-10,13H,2,5-6,11-12,14H2,1H3. The Balaban J connectivity index is 1.84. The highest BCUT2D eigenvalue weighted by Crippen LogP contribution is 2.30. The maximum Gasteiger partial charge on any atom is 0.0491 e. The summed E-state index contributed by atoms with van der Waals surface area (Å²) in [4.78, 5) is 2.57. The van der Waals surface area contributed by atoms with Gasteiger partial charge < -0.3 is 4.57 Å². The second kappa shape index (κ2) is 5.19. The van der Waals surface area contributed by atoms with E-state index in [1.165, 1.54) is 53.3 Å². The molecule has 0 radical (unpaired) electrons. The van der Waals surface area contributed by atoms with Crippen molar-refractivity contribution in [2.45, 2.75) is 32.9 Å². The van der Waals surface area contributed by atoms with Gasteiger partial charge in [-0.3, -0.25) is 4.90 Å². The van der Waals surface area contributed by atoms with Gasteiger partial charge in [-0.1, -0.05) is 24.3 Å². The highest BCUT2D eigenvalue weighted by molar-refractivity contribution is 6.08. The first-order valence-corrected chi connectivity index (χ1v) is 8.09. The van der Waals surface area contributed by atoms with E-state index < -0.39 is 0 Å². The van der Waals surface area contributed by atoms with E-state index in [4.69, 9.17) is 0 Å². The number of hydrogen-bond acceptors (Lipinski definition) is 1. The lowest BCUT2D eigenvalue weighted by molar-refractivity contribution is 0.331. The van der Waals surface area contributed by atoms with Gasteiger partial charge >= 0.3 is 0 Å². The third kappa shape index (κ3) is 2.14. The van der Waals surface area contributed by atoms with Crippen LogP contribution in [0.15, 0.2) is 42.5 Å². The zero-order valence-electron chi connectivity index (χ0n) is 12.7. The summed E-state index contributed by atoms with van der Waals surface area (Å²) in [6, 6.07) is 15.8. The van der Waals surface area contributed by atoms with Crippen LogP contribution in [-0.2, 0) is 13.1 Å². The molecule has 1 saturated heterocycles. The Hall–Kier alpha value is -1.80. The predicted molar refractivity (Wildman–Crippen MR) is 89.6 cm³/mol. The van der Waals surface area contributed by atoms with Crippen LogP contribution < -0.4 is 0 Å². The minimum atomic E-state index is 1.02. The minimum Gasteiger partial charge on any atom is -0.341 e. The van der Waals surface area contributed by atoms with Crippen LogP contribution >= 0.6 is 0 Å². The van der Waals surface area contributed by atoms with Gasteiger partial charge in [-0.2, -0.15) is 0 Å². The highest BCUT2D eigenvalue weighted by atomic mass is 15.1. The molecule has 0 N–H and O–H groups in total. The number of rotatable bonds is 3. The molecule has 2 aromatic carbocycles. The molecule has 0 amide bonds. The summed E-state index contributed by atoms with van der Waals surface area (Å²) >= 11 is 0. The number of aromatic nitrogens is 1.